The summed E-state index contributed by atoms with van der Waals surface area (Å²) in [6.45, 7) is 7.69. The number of hydrogen-bond donors (Lipinski definition) is 2. The van der Waals surface area contributed by atoms with E-state index in [1.807, 2.05) is 12.1 Å². The topological polar surface area (TPSA) is 32.3 Å². The van der Waals surface area contributed by atoms with Crippen molar-refractivity contribution in [2.45, 2.75) is 46.4 Å². The normalized spacial score (nSPS) is 13.1. The summed E-state index contributed by atoms with van der Waals surface area (Å²) in [6, 6.07) is 8.67. The van der Waals surface area contributed by atoms with Gasteiger partial charge in [0.1, 0.15) is 0 Å². The van der Waals surface area contributed by atoms with E-state index in [0.717, 1.165) is 18.5 Å². The van der Waals surface area contributed by atoms with E-state index >= 15 is 0 Å². The Morgan fingerprint density at radius 1 is 1.25 bits per heavy atom. The first kappa shape index (κ1) is 13.2. The Kier molecular flexibility index (Phi) is 5.50. The number of rotatable bonds is 6. The molecule has 1 rings (SSSR count). The third kappa shape index (κ3) is 3.95. The van der Waals surface area contributed by atoms with Crippen molar-refractivity contribution in [3.05, 3.63) is 35.4 Å². The molecule has 0 saturated heterocycles. The minimum Gasteiger partial charge on any atom is -0.392 e. The van der Waals surface area contributed by atoms with Gasteiger partial charge in [0.2, 0.25) is 0 Å². The van der Waals surface area contributed by atoms with Crippen molar-refractivity contribution in [3.8, 4) is 0 Å². The second-order valence-electron chi connectivity index (χ2n) is 4.62. The third-order valence-electron chi connectivity index (χ3n) is 2.99. The van der Waals surface area contributed by atoms with Crippen molar-refractivity contribution in [1.82, 2.24) is 5.32 Å². The molecule has 0 radical (unpaired) electrons. The lowest BCUT2D eigenvalue weighted by molar-refractivity contribution is 0.281. The predicted octanol–water partition coefficient (Wildman–Crippen LogP) is 2.70. The Labute approximate surface area is 98.7 Å². The molecular formula is C14H23NO. The smallest absolute Gasteiger partial charge is 0.0681 e. The Balaban J connectivity index is 2.53. The highest BCUT2D eigenvalue weighted by molar-refractivity contribution is 5.22. The lowest BCUT2D eigenvalue weighted by atomic mass is 10.0. The van der Waals surface area contributed by atoms with Gasteiger partial charge < -0.3 is 10.4 Å². The van der Waals surface area contributed by atoms with Gasteiger partial charge in [-0.3, -0.25) is 0 Å². The highest BCUT2D eigenvalue weighted by Crippen LogP contribution is 2.09. The standard InChI is InChI=1S/C14H23NO/c1-4-14(11(2)3)15-9-12-6-5-7-13(8-12)10-16/h5-8,11,14-16H,4,9-10H2,1-3H3. The maximum atomic E-state index is 9.05. The van der Waals surface area contributed by atoms with Crippen LogP contribution in [0.1, 0.15) is 38.3 Å². The Morgan fingerprint density at radius 2 is 1.94 bits per heavy atom. The van der Waals surface area contributed by atoms with E-state index in [0.29, 0.717) is 12.0 Å². The molecule has 0 fully saturated rings. The molecule has 2 N–H and O–H groups in total. The van der Waals surface area contributed by atoms with Crippen LogP contribution in [0.5, 0.6) is 0 Å². The fourth-order valence-electron chi connectivity index (χ4n) is 1.94. The second-order valence-corrected chi connectivity index (χ2v) is 4.62. The van der Waals surface area contributed by atoms with Crippen molar-refractivity contribution in [3.63, 3.8) is 0 Å². The average Bonchev–Trinajstić information content (AvgIpc) is 2.29. The monoisotopic (exact) mass is 221 g/mol. The summed E-state index contributed by atoms with van der Waals surface area (Å²) in [5.74, 6) is 0.658. The first-order valence-corrected chi connectivity index (χ1v) is 6.09. The first-order chi connectivity index (χ1) is 7.67. The Hall–Kier alpha value is -0.860. The molecule has 0 spiro atoms. The summed E-state index contributed by atoms with van der Waals surface area (Å²) >= 11 is 0. The minimum atomic E-state index is 0.120. The highest BCUT2D eigenvalue weighted by Gasteiger charge is 2.09. The van der Waals surface area contributed by atoms with Crippen LogP contribution in [-0.4, -0.2) is 11.1 Å². The van der Waals surface area contributed by atoms with Gasteiger partial charge in [-0.1, -0.05) is 45.0 Å². The molecule has 1 atom stereocenters. The largest absolute Gasteiger partial charge is 0.392 e. The summed E-state index contributed by atoms with van der Waals surface area (Å²) in [6.07, 6.45) is 1.15. The minimum absolute atomic E-state index is 0.120. The number of benzene rings is 1. The van der Waals surface area contributed by atoms with Gasteiger partial charge in [-0.05, 0) is 23.5 Å². The summed E-state index contributed by atoms with van der Waals surface area (Å²) in [5, 5.41) is 12.6. The van der Waals surface area contributed by atoms with Gasteiger partial charge >= 0.3 is 0 Å². The molecule has 0 aliphatic heterocycles. The SMILES string of the molecule is CCC(NCc1cccc(CO)c1)C(C)C. The van der Waals surface area contributed by atoms with Crippen molar-refractivity contribution in [2.24, 2.45) is 5.92 Å². The zero-order chi connectivity index (χ0) is 12.0. The van der Waals surface area contributed by atoms with Crippen LogP contribution >= 0.6 is 0 Å². The van der Waals surface area contributed by atoms with Gasteiger partial charge in [-0.2, -0.15) is 0 Å². The summed E-state index contributed by atoms with van der Waals surface area (Å²) in [4.78, 5) is 0. The van der Waals surface area contributed by atoms with Crippen LogP contribution in [0.3, 0.4) is 0 Å². The number of nitrogens with one attached hydrogen (secondary N) is 1. The van der Waals surface area contributed by atoms with Crippen LogP contribution in [-0.2, 0) is 13.2 Å². The quantitative estimate of drug-likeness (QED) is 0.774. The van der Waals surface area contributed by atoms with E-state index in [-0.39, 0.29) is 6.61 Å². The lowest BCUT2D eigenvalue weighted by Gasteiger charge is -2.20. The molecule has 0 aromatic heterocycles. The zero-order valence-electron chi connectivity index (χ0n) is 10.5. The van der Waals surface area contributed by atoms with Crippen LogP contribution in [0.25, 0.3) is 0 Å². The number of aliphatic hydroxyl groups excluding tert-OH is 1. The fraction of sp³-hybridized carbons (Fsp3) is 0.571. The van der Waals surface area contributed by atoms with Crippen LogP contribution in [0, 0.1) is 5.92 Å². The molecule has 1 unspecified atom stereocenters. The van der Waals surface area contributed by atoms with Gasteiger partial charge in [0.25, 0.3) is 0 Å². The van der Waals surface area contributed by atoms with E-state index < -0.39 is 0 Å². The fourth-order valence-corrected chi connectivity index (χ4v) is 1.94. The molecule has 0 aliphatic carbocycles. The molecule has 0 amide bonds. The molecule has 0 aliphatic rings. The highest BCUT2D eigenvalue weighted by atomic mass is 16.3. The number of aliphatic hydroxyl groups is 1. The molecule has 0 bridgehead atoms. The molecule has 0 heterocycles. The molecule has 0 saturated carbocycles. The maximum Gasteiger partial charge on any atom is 0.0681 e. The van der Waals surface area contributed by atoms with Gasteiger partial charge in [0.05, 0.1) is 6.61 Å². The van der Waals surface area contributed by atoms with Crippen molar-refractivity contribution in [2.75, 3.05) is 0 Å². The second kappa shape index (κ2) is 6.66. The van der Waals surface area contributed by atoms with Crippen molar-refractivity contribution in [1.29, 1.82) is 0 Å². The molecule has 2 heteroatoms. The molecule has 90 valence electrons. The van der Waals surface area contributed by atoms with Crippen LogP contribution in [0.2, 0.25) is 0 Å². The van der Waals surface area contributed by atoms with Gasteiger partial charge in [0.15, 0.2) is 0 Å². The van der Waals surface area contributed by atoms with Crippen LogP contribution in [0.4, 0.5) is 0 Å². The van der Waals surface area contributed by atoms with E-state index in [9.17, 15) is 0 Å². The van der Waals surface area contributed by atoms with Crippen molar-refractivity contribution >= 4 is 0 Å². The van der Waals surface area contributed by atoms with Gasteiger partial charge in [-0.25, -0.2) is 0 Å². The van der Waals surface area contributed by atoms with Gasteiger partial charge in [-0.15, -0.1) is 0 Å². The van der Waals surface area contributed by atoms with Crippen LogP contribution < -0.4 is 5.32 Å². The summed E-state index contributed by atoms with van der Waals surface area (Å²) < 4.78 is 0. The number of hydrogen-bond acceptors (Lipinski definition) is 2. The molecule has 2 nitrogen and oxygen atoms in total. The average molecular weight is 221 g/mol. The van der Waals surface area contributed by atoms with E-state index in [4.69, 9.17) is 5.11 Å². The lowest BCUT2D eigenvalue weighted by Crippen LogP contribution is -2.32. The van der Waals surface area contributed by atoms with Gasteiger partial charge in [0, 0.05) is 12.6 Å². The summed E-state index contributed by atoms with van der Waals surface area (Å²) in [5.41, 5.74) is 2.22. The molecule has 16 heavy (non-hydrogen) atoms. The Bertz CT molecular complexity index is 309. The predicted molar refractivity (Wildman–Crippen MR) is 68.1 cm³/mol. The van der Waals surface area contributed by atoms with E-state index in [2.05, 4.69) is 38.2 Å². The Morgan fingerprint density at radius 3 is 2.50 bits per heavy atom. The third-order valence-corrected chi connectivity index (χ3v) is 2.99. The van der Waals surface area contributed by atoms with Crippen LogP contribution in [0.15, 0.2) is 24.3 Å². The zero-order valence-corrected chi connectivity index (χ0v) is 10.5. The van der Waals surface area contributed by atoms with Crippen molar-refractivity contribution < 1.29 is 5.11 Å². The molecular weight excluding hydrogens is 198 g/mol. The van der Waals surface area contributed by atoms with E-state index in [1.165, 1.54) is 5.56 Å². The summed E-state index contributed by atoms with van der Waals surface area (Å²) in [7, 11) is 0. The first-order valence-electron chi connectivity index (χ1n) is 6.09. The molecule has 1 aromatic carbocycles. The van der Waals surface area contributed by atoms with E-state index in [1.54, 1.807) is 0 Å². The molecule has 1 aromatic rings. The maximum absolute atomic E-state index is 9.05.